The van der Waals surface area contributed by atoms with Crippen LogP contribution in [0.5, 0.6) is 0 Å². The van der Waals surface area contributed by atoms with Gasteiger partial charge in [-0.15, -0.1) is 0 Å². The maximum absolute atomic E-state index is 6.15. The first kappa shape index (κ1) is 13.2. The van der Waals surface area contributed by atoms with Gasteiger partial charge in [-0.05, 0) is 16.9 Å². The van der Waals surface area contributed by atoms with Gasteiger partial charge in [-0.25, -0.2) is 4.52 Å². The van der Waals surface area contributed by atoms with Crippen molar-refractivity contribution in [1.29, 1.82) is 0 Å². The van der Waals surface area contributed by atoms with Gasteiger partial charge in [0.25, 0.3) is 5.52 Å². The molecule has 0 aliphatic rings. The topological polar surface area (TPSA) is 17.0 Å². The second-order valence-electron chi connectivity index (χ2n) is 5.91. The predicted octanol–water partition coefficient (Wildman–Crippen LogP) is 4.80. The Morgan fingerprint density at radius 1 is 1.00 bits per heavy atom. The first-order valence-corrected chi connectivity index (χ1v) is 7.05. The van der Waals surface area contributed by atoms with Crippen LogP contribution in [0.1, 0.15) is 20.8 Å². The van der Waals surface area contributed by atoms with Crippen LogP contribution in [0.25, 0.3) is 22.2 Å². The van der Waals surface area contributed by atoms with Crippen molar-refractivity contribution in [3.8, 4) is 11.3 Å². The van der Waals surface area contributed by atoms with Crippen molar-refractivity contribution in [2.45, 2.75) is 26.3 Å². The van der Waals surface area contributed by atoms with Crippen molar-refractivity contribution < 1.29 is 9.26 Å². The SMILES string of the molecule is CC(C)(C)[n+]1oc(-c2ccccc2)c2cc(Cl)ccc21. The van der Waals surface area contributed by atoms with E-state index < -0.39 is 0 Å². The lowest BCUT2D eigenvalue weighted by molar-refractivity contribution is -0.886. The minimum absolute atomic E-state index is 0.126. The molecule has 0 radical (unpaired) electrons. The molecule has 0 amide bonds. The number of halogens is 1. The lowest BCUT2D eigenvalue weighted by atomic mass is 10.1. The summed E-state index contributed by atoms with van der Waals surface area (Å²) in [6, 6.07) is 16.0. The zero-order valence-corrected chi connectivity index (χ0v) is 12.6. The van der Waals surface area contributed by atoms with Gasteiger partial charge in [0.2, 0.25) is 11.3 Å². The van der Waals surface area contributed by atoms with E-state index in [4.69, 9.17) is 16.1 Å². The largest absolute Gasteiger partial charge is 0.263 e. The van der Waals surface area contributed by atoms with E-state index in [0.717, 1.165) is 27.2 Å². The third-order valence-electron chi connectivity index (χ3n) is 3.25. The summed E-state index contributed by atoms with van der Waals surface area (Å²) in [6.45, 7) is 6.37. The molecule has 0 spiro atoms. The molecule has 20 heavy (non-hydrogen) atoms. The quantitative estimate of drug-likeness (QED) is 0.588. The molecule has 0 aliphatic heterocycles. The number of hydrogen-bond donors (Lipinski definition) is 0. The Labute approximate surface area is 123 Å². The molecule has 0 fully saturated rings. The highest BCUT2D eigenvalue weighted by atomic mass is 35.5. The molecule has 3 heteroatoms. The lowest BCUT2D eigenvalue weighted by Crippen LogP contribution is -2.48. The van der Waals surface area contributed by atoms with E-state index >= 15 is 0 Å². The van der Waals surface area contributed by atoms with Crippen LogP contribution in [0, 0.1) is 0 Å². The predicted molar refractivity (Wildman–Crippen MR) is 81.9 cm³/mol. The number of fused-ring (bicyclic) bond motifs is 1. The van der Waals surface area contributed by atoms with Gasteiger partial charge in [0.15, 0.2) is 0 Å². The lowest BCUT2D eigenvalue weighted by Gasteiger charge is -2.07. The van der Waals surface area contributed by atoms with E-state index in [1.807, 2.05) is 53.3 Å². The molecule has 3 rings (SSSR count). The van der Waals surface area contributed by atoms with Crippen LogP contribution in [0.15, 0.2) is 53.1 Å². The van der Waals surface area contributed by atoms with E-state index in [0.29, 0.717) is 0 Å². The Morgan fingerprint density at radius 2 is 1.70 bits per heavy atom. The van der Waals surface area contributed by atoms with Gasteiger partial charge >= 0.3 is 0 Å². The average molecular weight is 287 g/mol. The fraction of sp³-hybridized carbons (Fsp3) is 0.235. The molecule has 0 atom stereocenters. The van der Waals surface area contributed by atoms with Crippen LogP contribution in [0.3, 0.4) is 0 Å². The standard InChI is InChI=1S/C17H17ClNO/c1-17(2,3)19-15-10-9-13(18)11-14(15)16(20-19)12-7-5-4-6-8-12/h4-11H,1-3H3/q+1. The molecule has 2 nitrogen and oxygen atoms in total. The summed E-state index contributed by atoms with van der Waals surface area (Å²) in [7, 11) is 0. The minimum atomic E-state index is -0.126. The fourth-order valence-corrected chi connectivity index (χ4v) is 2.52. The van der Waals surface area contributed by atoms with Gasteiger partial charge in [-0.2, -0.15) is 0 Å². The van der Waals surface area contributed by atoms with Gasteiger partial charge in [0.05, 0.1) is 0 Å². The Bertz CT molecular complexity index is 754. The molecule has 0 aliphatic carbocycles. The molecule has 0 unspecified atom stereocenters. The summed E-state index contributed by atoms with van der Waals surface area (Å²) in [5.41, 5.74) is 1.99. The highest BCUT2D eigenvalue weighted by molar-refractivity contribution is 6.31. The van der Waals surface area contributed by atoms with Crippen molar-refractivity contribution in [3.05, 3.63) is 53.6 Å². The van der Waals surface area contributed by atoms with E-state index in [9.17, 15) is 0 Å². The van der Waals surface area contributed by atoms with Crippen LogP contribution >= 0.6 is 11.6 Å². The molecule has 1 aromatic heterocycles. The molecule has 102 valence electrons. The smallest absolute Gasteiger partial charge is 0.234 e. The minimum Gasteiger partial charge on any atom is -0.234 e. The summed E-state index contributed by atoms with van der Waals surface area (Å²) in [6.07, 6.45) is 0. The highest BCUT2D eigenvalue weighted by Gasteiger charge is 2.32. The van der Waals surface area contributed by atoms with Crippen molar-refractivity contribution in [3.63, 3.8) is 0 Å². The molecule has 0 saturated heterocycles. The van der Waals surface area contributed by atoms with Crippen LogP contribution in [0.4, 0.5) is 0 Å². The van der Waals surface area contributed by atoms with Gasteiger partial charge < -0.3 is 0 Å². The van der Waals surface area contributed by atoms with E-state index in [-0.39, 0.29) is 5.54 Å². The molecular weight excluding hydrogens is 270 g/mol. The first-order valence-electron chi connectivity index (χ1n) is 6.67. The van der Waals surface area contributed by atoms with Crippen LogP contribution in [-0.2, 0) is 5.54 Å². The monoisotopic (exact) mass is 286 g/mol. The first-order chi connectivity index (χ1) is 9.47. The number of hydrogen-bond acceptors (Lipinski definition) is 1. The van der Waals surface area contributed by atoms with Gasteiger partial charge in [0, 0.05) is 37.4 Å². The fourth-order valence-electron chi connectivity index (χ4n) is 2.35. The number of aromatic nitrogens is 1. The summed E-state index contributed by atoms with van der Waals surface area (Å²) in [4.78, 5) is 0. The third kappa shape index (κ3) is 2.20. The Morgan fingerprint density at radius 3 is 2.35 bits per heavy atom. The Hall–Kier alpha value is -1.80. The maximum Gasteiger partial charge on any atom is 0.263 e. The summed E-state index contributed by atoms with van der Waals surface area (Å²) in [5, 5.41) is 1.76. The van der Waals surface area contributed by atoms with E-state index in [1.54, 1.807) is 0 Å². The van der Waals surface area contributed by atoms with Crippen LogP contribution in [-0.4, -0.2) is 0 Å². The normalized spacial score (nSPS) is 12.0. The Kier molecular flexibility index (Phi) is 3.06. The number of nitrogens with zero attached hydrogens (tertiary/aromatic N) is 1. The molecular formula is C17H17ClNO+. The van der Waals surface area contributed by atoms with Crippen LogP contribution in [0.2, 0.25) is 5.02 Å². The van der Waals surface area contributed by atoms with Crippen molar-refractivity contribution in [2.24, 2.45) is 0 Å². The van der Waals surface area contributed by atoms with Gasteiger partial charge in [-0.1, -0.05) is 41.9 Å². The van der Waals surface area contributed by atoms with Crippen molar-refractivity contribution >= 4 is 22.5 Å². The van der Waals surface area contributed by atoms with Gasteiger partial charge in [-0.3, -0.25) is 0 Å². The summed E-state index contributed by atoms with van der Waals surface area (Å²) < 4.78 is 8.07. The van der Waals surface area contributed by atoms with Crippen LogP contribution < -0.4 is 4.74 Å². The molecule has 3 aromatic rings. The second kappa shape index (κ2) is 4.64. The third-order valence-corrected chi connectivity index (χ3v) is 3.48. The van der Waals surface area contributed by atoms with E-state index in [2.05, 4.69) is 20.8 Å². The summed E-state index contributed by atoms with van der Waals surface area (Å²) >= 11 is 6.15. The molecule has 1 heterocycles. The second-order valence-corrected chi connectivity index (χ2v) is 6.35. The highest BCUT2D eigenvalue weighted by Crippen LogP contribution is 2.31. The molecule has 0 saturated carbocycles. The molecule has 0 bridgehead atoms. The van der Waals surface area contributed by atoms with Gasteiger partial charge in [0.1, 0.15) is 5.39 Å². The molecule has 2 aromatic carbocycles. The molecule has 0 N–H and O–H groups in total. The van der Waals surface area contributed by atoms with E-state index in [1.165, 1.54) is 0 Å². The maximum atomic E-state index is 6.15. The average Bonchev–Trinajstić information content (AvgIpc) is 2.78. The van der Waals surface area contributed by atoms with Crippen molar-refractivity contribution in [1.82, 2.24) is 0 Å². The number of benzene rings is 2. The zero-order chi connectivity index (χ0) is 14.3. The Balaban J connectivity index is 2.35. The number of rotatable bonds is 1. The summed E-state index contributed by atoms with van der Waals surface area (Å²) in [5.74, 6) is 0.859. The zero-order valence-electron chi connectivity index (χ0n) is 11.9. The van der Waals surface area contributed by atoms with Crippen molar-refractivity contribution in [2.75, 3.05) is 0 Å².